The van der Waals surface area contributed by atoms with Crippen LogP contribution < -0.4 is 11.1 Å². The molecule has 90 valence electrons. The van der Waals surface area contributed by atoms with Crippen molar-refractivity contribution in [2.75, 3.05) is 6.54 Å². The van der Waals surface area contributed by atoms with Crippen LogP contribution in [0, 0.1) is 0 Å². The third kappa shape index (κ3) is 3.93. The molecule has 1 heterocycles. The van der Waals surface area contributed by atoms with Crippen molar-refractivity contribution in [3.63, 3.8) is 0 Å². The molecule has 1 amide bonds. The Morgan fingerprint density at radius 3 is 3.00 bits per heavy atom. The molecule has 7 heteroatoms. The first kappa shape index (κ1) is 12.6. The van der Waals surface area contributed by atoms with Crippen LogP contribution in [-0.4, -0.2) is 22.0 Å². The third-order valence-electron chi connectivity index (χ3n) is 2.02. The number of alkyl halides is 2. The van der Waals surface area contributed by atoms with Gasteiger partial charge in [0.05, 0.1) is 6.54 Å². The summed E-state index contributed by atoms with van der Waals surface area (Å²) in [6.45, 7) is -1.79. The smallest absolute Gasteiger partial charge is 0.319 e. The predicted octanol–water partition coefficient (Wildman–Crippen LogP) is 0.633. The number of nitrogens with one attached hydrogen (secondary N) is 1. The van der Waals surface area contributed by atoms with Gasteiger partial charge >= 0.3 is 6.55 Å². The standard InChI is InChI=1S/C9H14F2N4O/c10-9(11)15-5-4-14-8(15)6-13-3-1-2-7(12)16/h4-5,9,13H,1-3,6H2,(H2,12,16). The predicted molar refractivity (Wildman–Crippen MR) is 53.6 cm³/mol. The van der Waals surface area contributed by atoms with Crippen molar-refractivity contribution in [1.82, 2.24) is 14.9 Å². The van der Waals surface area contributed by atoms with Crippen LogP contribution in [0.3, 0.4) is 0 Å². The molecule has 1 aromatic rings. The van der Waals surface area contributed by atoms with Gasteiger partial charge in [-0.05, 0) is 13.0 Å². The molecular weight excluding hydrogens is 218 g/mol. The van der Waals surface area contributed by atoms with E-state index in [9.17, 15) is 13.6 Å². The Balaban J connectivity index is 2.26. The van der Waals surface area contributed by atoms with E-state index in [0.717, 1.165) is 4.57 Å². The van der Waals surface area contributed by atoms with Gasteiger partial charge in [0, 0.05) is 18.8 Å². The van der Waals surface area contributed by atoms with E-state index in [2.05, 4.69) is 10.3 Å². The molecule has 0 fully saturated rings. The zero-order chi connectivity index (χ0) is 12.0. The molecule has 0 aliphatic rings. The topological polar surface area (TPSA) is 72.9 Å². The molecule has 0 aliphatic heterocycles. The molecule has 0 atom stereocenters. The summed E-state index contributed by atoms with van der Waals surface area (Å²) in [4.78, 5) is 14.2. The number of carbonyl (C=O) groups is 1. The highest BCUT2D eigenvalue weighted by atomic mass is 19.3. The lowest BCUT2D eigenvalue weighted by Crippen LogP contribution is -2.20. The summed E-state index contributed by atoms with van der Waals surface area (Å²) < 4.78 is 25.5. The minimum absolute atomic E-state index is 0.246. The van der Waals surface area contributed by atoms with Gasteiger partial charge in [0.25, 0.3) is 0 Å². The van der Waals surface area contributed by atoms with Crippen molar-refractivity contribution >= 4 is 5.91 Å². The average molecular weight is 232 g/mol. The van der Waals surface area contributed by atoms with E-state index in [4.69, 9.17) is 5.73 Å². The molecule has 3 N–H and O–H groups in total. The van der Waals surface area contributed by atoms with Gasteiger partial charge in [0.2, 0.25) is 5.91 Å². The second-order valence-electron chi connectivity index (χ2n) is 3.28. The fourth-order valence-corrected chi connectivity index (χ4v) is 1.25. The van der Waals surface area contributed by atoms with Crippen LogP contribution in [0.2, 0.25) is 0 Å². The Hall–Kier alpha value is -1.50. The normalized spacial score (nSPS) is 10.9. The first-order valence-electron chi connectivity index (χ1n) is 4.90. The quantitative estimate of drug-likeness (QED) is 0.677. The largest absolute Gasteiger partial charge is 0.370 e. The van der Waals surface area contributed by atoms with Crippen molar-refractivity contribution < 1.29 is 13.6 Å². The van der Waals surface area contributed by atoms with Gasteiger partial charge in [-0.3, -0.25) is 9.36 Å². The summed E-state index contributed by atoms with van der Waals surface area (Å²) in [6.07, 6.45) is 3.43. The van der Waals surface area contributed by atoms with E-state index in [1.165, 1.54) is 12.4 Å². The number of imidazole rings is 1. The maximum Gasteiger partial charge on any atom is 0.319 e. The second kappa shape index (κ2) is 6.16. The highest BCUT2D eigenvalue weighted by Gasteiger charge is 2.10. The minimum Gasteiger partial charge on any atom is -0.370 e. The number of carbonyl (C=O) groups excluding carboxylic acids is 1. The molecule has 0 spiro atoms. The molecule has 1 aromatic heterocycles. The highest BCUT2D eigenvalue weighted by molar-refractivity contribution is 5.73. The summed E-state index contributed by atoms with van der Waals surface area (Å²) in [5.41, 5.74) is 4.95. The van der Waals surface area contributed by atoms with Crippen molar-refractivity contribution in [2.45, 2.75) is 25.9 Å². The Bertz CT molecular complexity index is 340. The lowest BCUT2D eigenvalue weighted by molar-refractivity contribution is -0.118. The van der Waals surface area contributed by atoms with E-state index in [1.807, 2.05) is 0 Å². The van der Waals surface area contributed by atoms with Crippen molar-refractivity contribution in [3.05, 3.63) is 18.2 Å². The number of primary amides is 1. The number of amides is 1. The van der Waals surface area contributed by atoms with E-state index in [1.54, 1.807) is 0 Å². The number of nitrogens with zero attached hydrogens (tertiary/aromatic N) is 2. The molecule has 0 bridgehead atoms. The van der Waals surface area contributed by atoms with Gasteiger partial charge in [-0.1, -0.05) is 0 Å². The highest BCUT2D eigenvalue weighted by Crippen LogP contribution is 2.11. The fraction of sp³-hybridized carbons (Fsp3) is 0.556. The van der Waals surface area contributed by atoms with Crippen molar-refractivity contribution in [1.29, 1.82) is 0 Å². The van der Waals surface area contributed by atoms with Gasteiger partial charge < -0.3 is 11.1 Å². The maximum atomic E-state index is 12.4. The summed E-state index contributed by atoms with van der Waals surface area (Å²) in [5, 5.41) is 2.91. The SMILES string of the molecule is NC(=O)CCCNCc1nccn1C(F)F. The monoisotopic (exact) mass is 232 g/mol. The Morgan fingerprint density at radius 1 is 1.62 bits per heavy atom. The number of nitrogens with two attached hydrogens (primary N) is 1. The Labute approximate surface area is 91.6 Å². The molecule has 0 unspecified atom stereocenters. The van der Waals surface area contributed by atoms with Crippen LogP contribution in [0.4, 0.5) is 8.78 Å². The van der Waals surface area contributed by atoms with Crippen LogP contribution in [0.1, 0.15) is 25.2 Å². The molecule has 0 saturated heterocycles. The lowest BCUT2D eigenvalue weighted by atomic mass is 10.3. The fourth-order valence-electron chi connectivity index (χ4n) is 1.25. The zero-order valence-corrected chi connectivity index (χ0v) is 8.70. The molecular formula is C9H14F2N4O. The molecule has 0 aliphatic carbocycles. The molecule has 1 rings (SSSR count). The summed E-state index contributed by atoms with van der Waals surface area (Å²) in [7, 11) is 0. The third-order valence-corrected chi connectivity index (χ3v) is 2.02. The first-order chi connectivity index (χ1) is 7.61. The van der Waals surface area contributed by atoms with E-state index < -0.39 is 6.55 Å². The van der Waals surface area contributed by atoms with Crippen molar-refractivity contribution in [3.8, 4) is 0 Å². The number of aromatic nitrogens is 2. The molecule has 0 aromatic carbocycles. The van der Waals surface area contributed by atoms with E-state index in [-0.39, 0.29) is 24.7 Å². The molecule has 0 saturated carbocycles. The second-order valence-corrected chi connectivity index (χ2v) is 3.28. The van der Waals surface area contributed by atoms with Crippen LogP contribution in [-0.2, 0) is 11.3 Å². The molecule has 16 heavy (non-hydrogen) atoms. The van der Waals surface area contributed by atoms with Crippen LogP contribution in [0.25, 0.3) is 0 Å². The lowest BCUT2D eigenvalue weighted by Gasteiger charge is -2.07. The average Bonchev–Trinajstić information content (AvgIpc) is 2.65. The summed E-state index contributed by atoms with van der Waals surface area (Å²) in [6, 6.07) is 0. The van der Waals surface area contributed by atoms with Gasteiger partial charge in [-0.25, -0.2) is 4.98 Å². The summed E-state index contributed by atoms with van der Waals surface area (Å²) >= 11 is 0. The van der Waals surface area contributed by atoms with Crippen LogP contribution >= 0.6 is 0 Å². The number of hydrogen-bond donors (Lipinski definition) is 2. The first-order valence-corrected chi connectivity index (χ1v) is 4.90. The van der Waals surface area contributed by atoms with Gasteiger partial charge in [-0.15, -0.1) is 0 Å². The zero-order valence-electron chi connectivity index (χ0n) is 8.70. The van der Waals surface area contributed by atoms with Gasteiger partial charge in [-0.2, -0.15) is 8.78 Å². The van der Waals surface area contributed by atoms with E-state index in [0.29, 0.717) is 13.0 Å². The number of rotatable bonds is 7. The Kier molecular flexibility index (Phi) is 4.84. The maximum absolute atomic E-state index is 12.4. The Morgan fingerprint density at radius 2 is 2.38 bits per heavy atom. The molecule has 0 radical (unpaired) electrons. The molecule has 5 nitrogen and oxygen atoms in total. The minimum atomic E-state index is -2.58. The number of halogens is 2. The number of hydrogen-bond acceptors (Lipinski definition) is 3. The summed E-state index contributed by atoms with van der Waals surface area (Å²) in [5.74, 6) is -0.0926. The van der Waals surface area contributed by atoms with Crippen LogP contribution in [0.5, 0.6) is 0 Å². The van der Waals surface area contributed by atoms with Gasteiger partial charge in [0.1, 0.15) is 5.82 Å². The van der Waals surface area contributed by atoms with Crippen LogP contribution in [0.15, 0.2) is 12.4 Å². The van der Waals surface area contributed by atoms with Crippen molar-refractivity contribution in [2.24, 2.45) is 5.73 Å². The van der Waals surface area contributed by atoms with Gasteiger partial charge in [0.15, 0.2) is 0 Å². The van der Waals surface area contributed by atoms with E-state index >= 15 is 0 Å².